The van der Waals surface area contributed by atoms with E-state index in [1.807, 2.05) is 0 Å². The molecule has 2 rings (SSSR count). The fourth-order valence-electron chi connectivity index (χ4n) is 2.19. The second kappa shape index (κ2) is 6.90. The lowest BCUT2D eigenvalue weighted by atomic mass is 10.2. The molecule has 1 aromatic heterocycles. The number of hydrogen-bond donors (Lipinski definition) is 3. The molecule has 1 aromatic carbocycles. The first kappa shape index (κ1) is 17.1. The van der Waals surface area contributed by atoms with E-state index in [1.165, 1.54) is 26.4 Å². The van der Waals surface area contributed by atoms with E-state index < -0.39 is 17.2 Å². The fraction of sp³-hybridized carbons (Fsp3) is 0.267. The minimum absolute atomic E-state index is 0.111. The lowest BCUT2D eigenvalue weighted by Crippen LogP contribution is -2.34. The first-order valence-corrected chi connectivity index (χ1v) is 7.08. The maximum atomic E-state index is 12.4. The molecular formula is C15H18N4O5. The highest BCUT2D eigenvalue weighted by molar-refractivity contribution is 6.05. The number of nitrogens with zero attached hydrogens (tertiary/aromatic N) is 1. The molecular weight excluding hydrogens is 316 g/mol. The lowest BCUT2D eigenvalue weighted by molar-refractivity contribution is 0.102. The first-order valence-electron chi connectivity index (χ1n) is 7.08. The summed E-state index contributed by atoms with van der Waals surface area (Å²) in [6.07, 6.45) is 0. The number of methoxy groups -OCH3 is 2. The van der Waals surface area contributed by atoms with E-state index in [1.54, 1.807) is 13.0 Å². The number of ether oxygens (including phenoxy) is 2. The van der Waals surface area contributed by atoms with Gasteiger partial charge in [-0.2, -0.15) is 0 Å². The van der Waals surface area contributed by atoms with Crippen LogP contribution < -0.4 is 31.8 Å². The molecule has 0 aliphatic heterocycles. The molecule has 0 bridgehead atoms. The van der Waals surface area contributed by atoms with Crippen LogP contribution in [-0.2, 0) is 6.54 Å². The van der Waals surface area contributed by atoms with Crippen LogP contribution in [0.2, 0.25) is 0 Å². The Balaban J connectivity index is 2.41. The minimum Gasteiger partial charge on any atom is -0.493 e. The summed E-state index contributed by atoms with van der Waals surface area (Å²) in [5, 5.41) is 2.42. The molecule has 0 radical (unpaired) electrons. The Morgan fingerprint density at radius 3 is 2.50 bits per heavy atom. The van der Waals surface area contributed by atoms with Crippen LogP contribution in [0.15, 0.2) is 27.8 Å². The molecule has 0 atom stereocenters. The Labute approximate surface area is 137 Å². The van der Waals surface area contributed by atoms with E-state index in [4.69, 9.17) is 15.2 Å². The van der Waals surface area contributed by atoms with Gasteiger partial charge in [0.25, 0.3) is 11.5 Å². The molecule has 9 nitrogen and oxygen atoms in total. The number of aromatic amines is 1. The van der Waals surface area contributed by atoms with Crippen molar-refractivity contribution in [1.82, 2.24) is 9.55 Å². The van der Waals surface area contributed by atoms with Crippen LogP contribution in [0.3, 0.4) is 0 Å². The Morgan fingerprint density at radius 1 is 1.25 bits per heavy atom. The van der Waals surface area contributed by atoms with Crippen molar-refractivity contribution in [3.63, 3.8) is 0 Å². The van der Waals surface area contributed by atoms with Gasteiger partial charge in [0.15, 0.2) is 11.5 Å². The monoisotopic (exact) mass is 334 g/mol. The summed E-state index contributed by atoms with van der Waals surface area (Å²) < 4.78 is 11.4. The third-order valence-corrected chi connectivity index (χ3v) is 3.44. The van der Waals surface area contributed by atoms with Gasteiger partial charge in [-0.05, 0) is 25.1 Å². The van der Waals surface area contributed by atoms with Crippen molar-refractivity contribution in [1.29, 1.82) is 0 Å². The summed E-state index contributed by atoms with van der Waals surface area (Å²) in [4.78, 5) is 38.0. The number of amides is 1. The SMILES string of the molecule is CCn1c(N)c(NC(=O)c2ccc(OC)c(OC)c2)c(=O)[nH]c1=O. The molecule has 0 spiro atoms. The molecule has 0 saturated heterocycles. The van der Waals surface area contributed by atoms with E-state index in [9.17, 15) is 14.4 Å². The molecule has 0 unspecified atom stereocenters. The maximum absolute atomic E-state index is 12.4. The van der Waals surface area contributed by atoms with Crippen LogP contribution in [0, 0.1) is 0 Å². The lowest BCUT2D eigenvalue weighted by Gasteiger charge is -2.12. The van der Waals surface area contributed by atoms with Crippen molar-refractivity contribution in [3.8, 4) is 11.5 Å². The number of nitrogens with two attached hydrogens (primary N) is 1. The van der Waals surface area contributed by atoms with Crippen molar-refractivity contribution in [2.24, 2.45) is 0 Å². The van der Waals surface area contributed by atoms with E-state index in [2.05, 4.69) is 10.3 Å². The molecule has 0 saturated carbocycles. The van der Waals surface area contributed by atoms with Crippen molar-refractivity contribution in [2.45, 2.75) is 13.5 Å². The van der Waals surface area contributed by atoms with Gasteiger partial charge >= 0.3 is 5.69 Å². The highest BCUT2D eigenvalue weighted by Crippen LogP contribution is 2.27. The highest BCUT2D eigenvalue weighted by Gasteiger charge is 2.16. The van der Waals surface area contributed by atoms with Gasteiger partial charge in [-0.25, -0.2) is 4.79 Å². The van der Waals surface area contributed by atoms with Gasteiger partial charge in [0.2, 0.25) is 0 Å². The third-order valence-electron chi connectivity index (χ3n) is 3.44. The van der Waals surface area contributed by atoms with Crippen molar-refractivity contribution in [2.75, 3.05) is 25.3 Å². The summed E-state index contributed by atoms with van der Waals surface area (Å²) in [7, 11) is 2.92. The second-order valence-corrected chi connectivity index (χ2v) is 4.79. The van der Waals surface area contributed by atoms with Crippen molar-refractivity contribution in [3.05, 3.63) is 44.6 Å². The van der Waals surface area contributed by atoms with Crippen LogP contribution >= 0.6 is 0 Å². The van der Waals surface area contributed by atoms with Crippen LogP contribution in [-0.4, -0.2) is 29.7 Å². The van der Waals surface area contributed by atoms with Crippen LogP contribution in [0.1, 0.15) is 17.3 Å². The van der Waals surface area contributed by atoms with Gasteiger partial charge < -0.3 is 20.5 Å². The summed E-state index contributed by atoms with van der Waals surface area (Å²) in [5.74, 6) is 0.144. The van der Waals surface area contributed by atoms with Crippen molar-refractivity contribution >= 4 is 17.4 Å². The second-order valence-electron chi connectivity index (χ2n) is 4.79. The van der Waals surface area contributed by atoms with Crippen molar-refractivity contribution < 1.29 is 14.3 Å². The van der Waals surface area contributed by atoms with Crippen LogP contribution in [0.4, 0.5) is 11.5 Å². The number of benzene rings is 1. The Morgan fingerprint density at radius 2 is 1.92 bits per heavy atom. The molecule has 2 aromatic rings. The van der Waals surface area contributed by atoms with Gasteiger partial charge in [-0.3, -0.25) is 19.1 Å². The molecule has 0 aliphatic rings. The number of H-pyrrole nitrogens is 1. The minimum atomic E-state index is -0.768. The Bertz CT molecular complexity index is 884. The van der Waals surface area contributed by atoms with Gasteiger partial charge in [-0.15, -0.1) is 0 Å². The number of hydrogen-bond acceptors (Lipinski definition) is 6. The molecule has 1 amide bonds. The number of rotatable bonds is 5. The van der Waals surface area contributed by atoms with Crippen LogP contribution in [0.5, 0.6) is 11.5 Å². The van der Waals surface area contributed by atoms with Gasteiger partial charge in [0, 0.05) is 12.1 Å². The zero-order valence-electron chi connectivity index (χ0n) is 13.5. The number of nitrogen functional groups attached to an aromatic ring is 1. The number of aromatic nitrogens is 2. The first-order chi connectivity index (χ1) is 11.4. The third kappa shape index (κ3) is 3.09. The summed E-state index contributed by atoms with van der Waals surface area (Å²) >= 11 is 0. The normalized spacial score (nSPS) is 10.3. The Kier molecular flexibility index (Phi) is 4.93. The van der Waals surface area contributed by atoms with Gasteiger partial charge in [0.1, 0.15) is 11.5 Å². The van der Waals surface area contributed by atoms with E-state index >= 15 is 0 Å². The molecule has 0 fully saturated rings. The van der Waals surface area contributed by atoms with Gasteiger partial charge in [0.05, 0.1) is 14.2 Å². The van der Waals surface area contributed by atoms with E-state index in [0.717, 1.165) is 4.57 Å². The number of anilines is 2. The topological polar surface area (TPSA) is 128 Å². The van der Waals surface area contributed by atoms with Gasteiger partial charge in [-0.1, -0.05) is 0 Å². The largest absolute Gasteiger partial charge is 0.493 e. The summed E-state index contributed by atoms with van der Waals surface area (Å²) in [6.45, 7) is 1.94. The molecule has 9 heteroatoms. The zero-order chi connectivity index (χ0) is 17.9. The zero-order valence-corrected chi connectivity index (χ0v) is 13.5. The molecule has 128 valence electrons. The number of carbonyl (C=O) groups is 1. The predicted octanol–water partition coefficient (Wildman–Crippen LogP) is 0.408. The average molecular weight is 334 g/mol. The molecule has 4 N–H and O–H groups in total. The summed E-state index contributed by atoms with van der Waals surface area (Å²) in [5.41, 5.74) is 4.46. The standard InChI is InChI=1S/C15H18N4O5/c1-4-19-12(16)11(14(21)18-15(19)22)17-13(20)8-5-6-9(23-2)10(7-8)24-3/h5-7H,4,16H2,1-3H3,(H,17,20)(H,18,21,22). The fourth-order valence-corrected chi connectivity index (χ4v) is 2.19. The maximum Gasteiger partial charge on any atom is 0.330 e. The average Bonchev–Trinajstić information content (AvgIpc) is 2.57. The molecule has 24 heavy (non-hydrogen) atoms. The number of nitrogens with one attached hydrogen (secondary N) is 2. The Hall–Kier alpha value is -3.23. The quantitative estimate of drug-likeness (QED) is 0.726. The highest BCUT2D eigenvalue weighted by atomic mass is 16.5. The molecule has 1 heterocycles. The molecule has 0 aliphatic carbocycles. The van der Waals surface area contributed by atoms with E-state index in [0.29, 0.717) is 11.5 Å². The number of carbonyl (C=O) groups excluding carboxylic acids is 1. The predicted molar refractivity (Wildman–Crippen MR) is 88.9 cm³/mol. The van der Waals surface area contributed by atoms with Crippen LogP contribution in [0.25, 0.3) is 0 Å². The summed E-state index contributed by atoms with van der Waals surface area (Å²) in [6, 6.07) is 4.54. The van der Waals surface area contributed by atoms with E-state index in [-0.39, 0.29) is 23.6 Å². The smallest absolute Gasteiger partial charge is 0.330 e.